The summed E-state index contributed by atoms with van der Waals surface area (Å²) in [6.45, 7) is 4.38. The molecule has 0 fully saturated rings. The maximum Gasteiger partial charge on any atom is 0.303 e. The minimum atomic E-state index is -0.783. The molecule has 0 aliphatic carbocycles. The van der Waals surface area contributed by atoms with E-state index >= 15 is 0 Å². The van der Waals surface area contributed by atoms with Crippen LogP contribution in [0.3, 0.4) is 0 Å². The second-order valence-corrected chi connectivity index (χ2v) is 3.77. The summed E-state index contributed by atoms with van der Waals surface area (Å²) in [6.07, 6.45) is 2.38. The zero-order valence-electron chi connectivity index (χ0n) is 10.1. The van der Waals surface area contributed by atoms with E-state index in [-0.39, 0.29) is 12.5 Å². The van der Waals surface area contributed by atoms with E-state index in [0.29, 0.717) is 18.9 Å². The first-order valence-electron chi connectivity index (χ1n) is 5.69. The van der Waals surface area contributed by atoms with Gasteiger partial charge < -0.3 is 15.2 Å². The molecule has 0 amide bonds. The molecule has 1 rings (SSSR count). The van der Waals surface area contributed by atoms with Crippen LogP contribution in [0.15, 0.2) is 18.3 Å². The summed E-state index contributed by atoms with van der Waals surface area (Å²) in [5.74, 6) is -0.230. The fourth-order valence-electron chi connectivity index (χ4n) is 1.43. The van der Waals surface area contributed by atoms with Crippen molar-refractivity contribution in [2.24, 2.45) is 0 Å². The summed E-state index contributed by atoms with van der Waals surface area (Å²) in [7, 11) is 0. The van der Waals surface area contributed by atoms with Crippen LogP contribution in [0.5, 0.6) is 5.88 Å². The van der Waals surface area contributed by atoms with E-state index in [9.17, 15) is 4.79 Å². The first-order valence-corrected chi connectivity index (χ1v) is 5.69. The molecule has 1 heterocycles. The fourth-order valence-corrected chi connectivity index (χ4v) is 1.43. The van der Waals surface area contributed by atoms with Gasteiger partial charge in [-0.3, -0.25) is 4.79 Å². The molecule has 0 aliphatic rings. The number of carboxylic acids is 1. The number of rotatable bonds is 7. The van der Waals surface area contributed by atoms with Gasteiger partial charge in [0.25, 0.3) is 0 Å². The van der Waals surface area contributed by atoms with Crippen molar-refractivity contribution in [1.82, 2.24) is 4.98 Å². The lowest BCUT2D eigenvalue weighted by Gasteiger charge is -2.16. The van der Waals surface area contributed by atoms with Crippen molar-refractivity contribution in [2.75, 3.05) is 11.9 Å². The number of anilines is 1. The molecule has 0 spiro atoms. The molecular formula is C12H18N2O3. The molecule has 5 nitrogen and oxygen atoms in total. The Bertz CT molecular complexity index is 369. The van der Waals surface area contributed by atoms with Crippen LogP contribution in [0.25, 0.3) is 0 Å². The van der Waals surface area contributed by atoms with Gasteiger partial charge >= 0.3 is 5.97 Å². The average Bonchev–Trinajstić information content (AvgIpc) is 2.29. The van der Waals surface area contributed by atoms with Gasteiger partial charge in [-0.05, 0) is 32.4 Å². The first kappa shape index (κ1) is 13.3. The number of carboxylic acid groups (broad SMARTS) is 1. The SMILES string of the molecule is CCOc1ncccc1NC(C)CCC(=O)O. The summed E-state index contributed by atoms with van der Waals surface area (Å²) in [5, 5.41) is 11.8. The lowest BCUT2D eigenvalue weighted by molar-refractivity contribution is -0.137. The van der Waals surface area contributed by atoms with Crippen molar-refractivity contribution in [2.45, 2.75) is 32.7 Å². The van der Waals surface area contributed by atoms with Crippen molar-refractivity contribution in [3.8, 4) is 5.88 Å². The van der Waals surface area contributed by atoms with Gasteiger partial charge in [0.05, 0.1) is 12.3 Å². The molecule has 1 atom stereocenters. The monoisotopic (exact) mass is 238 g/mol. The molecular weight excluding hydrogens is 220 g/mol. The van der Waals surface area contributed by atoms with E-state index in [0.717, 1.165) is 5.69 Å². The summed E-state index contributed by atoms with van der Waals surface area (Å²) in [4.78, 5) is 14.6. The smallest absolute Gasteiger partial charge is 0.303 e. The number of hydrogen-bond donors (Lipinski definition) is 2. The van der Waals surface area contributed by atoms with Crippen LogP contribution in [-0.4, -0.2) is 28.7 Å². The Labute approximate surface area is 101 Å². The highest BCUT2D eigenvalue weighted by Crippen LogP contribution is 2.21. The molecule has 17 heavy (non-hydrogen) atoms. The lowest BCUT2D eigenvalue weighted by Crippen LogP contribution is -2.17. The summed E-state index contributed by atoms with van der Waals surface area (Å²) < 4.78 is 5.37. The molecule has 1 unspecified atom stereocenters. The van der Waals surface area contributed by atoms with Gasteiger partial charge in [-0.2, -0.15) is 0 Å². The standard InChI is InChI=1S/C12H18N2O3/c1-3-17-12-10(5-4-8-13-12)14-9(2)6-7-11(15)16/h4-5,8-9,14H,3,6-7H2,1-2H3,(H,15,16). The van der Waals surface area contributed by atoms with Crippen molar-refractivity contribution >= 4 is 11.7 Å². The van der Waals surface area contributed by atoms with Gasteiger partial charge in [0.1, 0.15) is 0 Å². The molecule has 0 aliphatic heterocycles. The van der Waals surface area contributed by atoms with E-state index in [1.165, 1.54) is 0 Å². The number of aliphatic carboxylic acids is 1. The van der Waals surface area contributed by atoms with Gasteiger partial charge in [0.2, 0.25) is 5.88 Å². The largest absolute Gasteiger partial charge is 0.481 e. The zero-order chi connectivity index (χ0) is 12.7. The lowest BCUT2D eigenvalue weighted by atomic mass is 10.2. The third-order valence-corrected chi connectivity index (χ3v) is 2.25. The van der Waals surface area contributed by atoms with E-state index in [1.807, 2.05) is 26.0 Å². The number of nitrogens with zero attached hydrogens (tertiary/aromatic N) is 1. The van der Waals surface area contributed by atoms with Crippen LogP contribution in [0.4, 0.5) is 5.69 Å². The quantitative estimate of drug-likeness (QED) is 0.761. The molecule has 0 bridgehead atoms. The Balaban J connectivity index is 2.57. The Morgan fingerprint density at radius 1 is 1.65 bits per heavy atom. The third kappa shape index (κ3) is 4.72. The Hall–Kier alpha value is -1.78. The second-order valence-electron chi connectivity index (χ2n) is 3.77. The van der Waals surface area contributed by atoms with Crippen molar-refractivity contribution in [1.29, 1.82) is 0 Å². The van der Waals surface area contributed by atoms with Crippen molar-refractivity contribution in [3.05, 3.63) is 18.3 Å². The highest BCUT2D eigenvalue weighted by Gasteiger charge is 2.09. The summed E-state index contributed by atoms with van der Waals surface area (Å²) in [5.41, 5.74) is 0.798. The highest BCUT2D eigenvalue weighted by atomic mass is 16.5. The maximum atomic E-state index is 10.5. The summed E-state index contributed by atoms with van der Waals surface area (Å²) in [6, 6.07) is 3.75. The minimum Gasteiger partial charge on any atom is -0.481 e. The second kappa shape index (κ2) is 6.73. The average molecular weight is 238 g/mol. The van der Waals surface area contributed by atoms with Gasteiger partial charge in [0, 0.05) is 18.7 Å². The van der Waals surface area contributed by atoms with Crippen LogP contribution < -0.4 is 10.1 Å². The number of carbonyl (C=O) groups is 1. The molecule has 0 saturated carbocycles. The molecule has 0 aromatic carbocycles. The van der Waals surface area contributed by atoms with Gasteiger partial charge in [0.15, 0.2) is 0 Å². The molecule has 0 radical (unpaired) electrons. The Morgan fingerprint density at radius 3 is 3.06 bits per heavy atom. The molecule has 5 heteroatoms. The van der Waals surface area contributed by atoms with Crippen LogP contribution >= 0.6 is 0 Å². The van der Waals surface area contributed by atoms with Crippen LogP contribution in [0.1, 0.15) is 26.7 Å². The molecule has 2 N–H and O–H groups in total. The van der Waals surface area contributed by atoms with Crippen molar-refractivity contribution in [3.63, 3.8) is 0 Å². The molecule has 94 valence electrons. The predicted octanol–water partition coefficient (Wildman–Crippen LogP) is 2.15. The van der Waals surface area contributed by atoms with E-state index in [2.05, 4.69) is 10.3 Å². The van der Waals surface area contributed by atoms with Gasteiger partial charge in [-0.15, -0.1) is 0 Å². The molecule has 0 saturated heterocycles. The van der Waals surface area contributed by atoms with Crippen LogP contribution in [0.2, 0.25) is 0 Å². The topological polar surface area (TPSA) is 71.5 Å². The molecule has 1 aromatic rings. The van der Waals surface area contributed by atoms with Gasteiger partial charge in [-0.1, -0.05) is 0 Å². The molecule has 1 aromatic heterocycles. The third-order valence-electron chi connectivity index (χ3n) is 2.25. The highest BCUT2D eigenvalue weighted by molar-refractivity contribution is 5.66. The van der Waals surface area contributed by atoms with E-state index < -0.39 is 5.97 Å². The van der Waals surface area contributed by atoms with Crippen LogP contribution in [-0.2, 0) is 4.79 Å². The number of nitrogens with one attached hydrogen (secondary N) is 1. The number of hydrogen-bond acceptors (Lipinski definition) is 4. The fraction of sp³-hybridized carbons (Fsp3) is 0.500. The summed E-state index contributed by atoms with van der Waals surface area (Å²) >= 11 is 0. The first-order chi connectivity index (χ1) is 8.13. The zero-order valence-corrected chi connectivity index (χ0v) is 10.1. The minimum absolute atomic E-state index is 0.0644. The maximum absolute atomic E-state index is 10.5. The normalized spacial score (nSPS) is 11.9. The van der Waals surface area contributed by atoms with Gasteiger partial charge in [-0.25, -0.2) is 4.98 Å². The van der Waals surface area contributed by atoms with Crippen LogP contribution in [0, 0.1) is 0 Å². The Kier molecular flexibility index (Phi) is 5.26. The van der Waals surface area contributed by atoms with E-state index in [1.54, 1.807) is 6.20 Å². The predicted molar refractivity (Wildman–Crippen MR) is 65.4 cm³/mol. The number of aromatic nitrogens is 1. The number of pyridine rings is 1. The number of ether oxygens (including phenoxy) is 1. The van der Waals surface area contributed by atoms with Crippen molar-refractivity contribution < 1.29 is 14.6 Å². The van der Waals surface area contributed by atoms with E-state index in [4.69, 9.17) is 9.84 Å². The Morgan fingerprint density at radius 2 is 2.41 bits per heavy atom.